The number of anilines is 6. The molecule has 0 fully saturated rings. The fraction of sp³-hybridized carbons (Fsp3) is 0.0370. The van der Waals surface area contributed by atoms with Crippen LogP contribution in [0.1, 0.15) is 11.1 Å². The highest BCUT2D eigenvalue weighted by atomic mass is 15.1. The minimum atomic E-state index is 0.924. The Morgan fingerprint density at radius 3 is 1.20 bits per heavy atom. The minimum Gasteiger partial charge on any atom is -0.311 e. The summed E-state index contributed by atoms with van der Waals surface area (Å²) in [6.45, 7) is 0. The topological polar surface area (TPSA) is 6.48 Å². The SMILES string of the molecule is C1=CCc2c(cc(-c3ccc(N(c4ccccc4)c4ccccc4)cc3)c3c2c(-c2ccc(N(c4ccccc4)c4ccccc4)cc2)cc2ccccc23)C1. The van der Waals surface area contributed by atoms with Crippen molar-refractivity contribution in [2.45, 2.75) is 12.8 Å². The molecule has 2 heteroatoms. The van der Waals surface area contributed by atoms with Crippen LogP contribution in [0.4, 0.5) is 34.1 Å². The van der Waals surface area contributed by atoms with Gasteiger partial charge in [-0.1, -0.05) is 133 Å². The van der Waals surface area contributed by atoms with Gasteiger partial charge in [0.05, 0.1) is 0 Å². The van der Waals surface area contributed by atoms with E-state index in [1.54, 1.807) is 0 Å². The molecule has 0 atom stereocenters. The summed E-state index contributed by atoms with van der Waals surface area (Å²) < 4.78 is 0. The molecule has 1 aliphatic carbocycles. The third-order valence-electron chi connectivity index (χ3n) is 11.1. The molecule has 0 aliphatic heterocycles. The van der Waals surface area contributed by atoms with Crippen molar-refractivity contribution in [1.82, 2.24) is 0 Å². The summed E-state index contributed by atoms with van der Waals surface area (Å²) in [4.78, 5) is 4.65. The highest BCUT2D eigenvalue weighted by molar-refractivity contribution is 6.20. The van der Waals surface area contributed by atoms with Crippen LogP contribution < -0.4 is 9.80 Å². The second kappa shape index (κ2) is 14.6. The number of hydrogen-bond acceptors (Lipinski definition) is 2. The van der Waals surface area contributed by atoms with Crippen molar-refractivity contribution in [3.63, 3.8) is 0 Å². The van der Waals surface area contributed by atoms with E-state index in [1.165, 1.54) is 54.9 Å². The summed E-state index contributed by atoms with van der Waals surface area (Å²) in [6.07, 6.45) is 6.53. The number of para-hydroxylation sites is 4. The Bertz CT molecular complexity index is 2610. The fourth-order valence-corrected chi connectivity index (χ4v) is 8.50. The summed E-state index contributed by atoms with van der Waals surface area (Å²) in [6, 6.07) is 74.7. The van der Waals surface area contributed by atoms with Crippen molar-refractivity contribution in [3.05, 3.63) is 230 Å². The zero-order valence-electron chi connectivity index (χ0n) is 31.1. The lowest BCUT2D eigenvalue weighted by atomic mass is 9.81. The highest BCUT2D eigenvalue weighted by Gasteiger charge is 2.22. The predicted octanol–water partition coefficient (Wildman–Crippen LogP) is 14.9. The molecule has 1 aliphatic rings. The van der Waals surface area contributed by atoms with Crippen molar-refractivity contribution in [3.8, 4) is 22.3 Å². The van der Waals surface area contributed by atoms with Crippen LogP contribution >= 0.6 is 0 Å². The molecule has 0 bridgehead atoms. The molecular weight excluding hydrogens is 677 g/mol. The van der Waals surface area contributed by atoms with Gasteiger partial charge in [-0.3, -0.25) is 0 Å². The summed E-state index contributed by atoms with van der Waals surface area (Å²) in [5.74, 6) is 0. The van der Waals surface area contributed by atoms with Gasteiger partial charge in [0.1, 0.15) is 0 Å². The third kappa shape index (κ3) is 6.12. The second-order valence-electron chi connectivity index (χ2n) is 14.4. The predicted molar refractivity (Wildman–Crippen MR) is 238 cm³/mol. The molecule has 0 saturated heterocycles. The summed E-state index contributed by atoms with van der Waals surface area (Å²) in [5, 5.41) is 5.21. The van der Waals surface area contributed by atoms with Gasteiger partial charge >= 0.3 is 0 Å². The van der Waals surface area contributed by atoms with Gasteiger partial charge in [-0.15, -0.1) is 0 Å². The standard InChI is InChI=1S/C54H40N2/c1-5-19-43(20-6-1)55(44-21-7-2-8-22-44)47-33-29-39(30-34-47)51-37-41-17-13-16-28-50(41)54-52(38-42-18-14-15-27-49(42)53(51)54)40-31-35-48(36-32-40)56(45-23-9-3-10-24-45)46-25-11-4-12-26-46/h1-17,19-26,28-38H,18,27H2. The van der Waals surface area contributed by atoms with E-state index in [0.29, 0.717) is 0 Å². The molecule has 0 heterocycles. The second-order valence-corrected chi connectivity index (χ2v) is 14.4. The largest absolute Gasteiger partial charge is 0.311 e. The molecule has 0 aromatic heterocycles. The van der Waals surface area contributed by atoms with E-state index in [2.05, 4.69) is 228 Å². The van der Waals surface area contributed by atoms with Crippen LogP contribution in [0.25, 0.3) is 43.8 Å². The lowest BCUT2D eigenvalue weighted by Gasteiger charge is -2.26. The monoisotopic (exact) mass is 716 g/mol. The first-order valence-corrected chi connectivity index (χ1v) is 19.5. The first-order chi connectivity index (χ1) is 27.8. The maximum absolute atomic E-state index is 2.47. The quantitative estimate of drug-likeness (QED) is 0.114. The van der Waals surface area contributed by atoms with E-state index in [9.17, 15) is 0 Å². The van der Waals surface area contributed by atoms with Gasteiger partial charge in [0, 0.05) is 34.1 Å². The molecule has 0 N–H and O–H groups in total. The maximum atomic E-state index is 2.47. The van der Waals surface area contributed by atoms with Gasteiger partial charge in [0.2, 0.25) is 0 Å². The van der Waals surface area contributed by atoms with Gasteiger partial charge in [-0.05, 0) is 153 Å². The molecule has 56 heavy (non-hydrogen) atoms. The molecule has 266 valence electrons. The molecule has 0 unspecified atom stereocenters. The molecule has 2 nitrogen and oxygen atoms in total. The van der Waals surface area contributed by atoms with Crippen molar-refractivity contribution in [2.75, 3.05) is 9.80 Å². The zero-order valence-corrected chi connectivity index (χ0v) is 31.1. The summed E-state index contributed by atoms with van der Waals surface area (Å²) in [7, 11) is 0. The molecular formula is C54H40N2. The number of allylic oxidation sites excluding steroid dienone is 2. The van der Waals surface area contributed by atoms with Gasteiger partial charge in [0.15, 0.2) is 0 Å². The Labute approximate surface area is 328 Å². The highest BCUT2D eigenvalue weighted by Crippen LogP contribution is 2.46. The summed E-state index contributed by atoms with van der Waals surface area (Å²) in [5.41, 5.74) is 14.6. The number of hydrogen-bond donors (Lipinski definition) is 0. The van der Waals surface area contributed by atoms with Crippen molar-refractivity contribution in [2.24, 2.45) is 0 Å². The summed E-state index contributed by atoms with van der Waals surface area (Å²) >= 11 is 0. The van der Waals surface area contributed by atoms with Gasteiger partial charge in [-0.25, -0.2) is 0 Å². The smallest absolute Gasteiger partial charge is 0.0462 e. The van der Waals surface area contributed by atoms with Crippen LogP contribution in [-0.2, 0) is 12.8 Å². The minimum absolute atomic E-state index is 0.924. The van der Waals surface area contributed by atoms with Crippen LogP contribution in [0.15, 0.2) is 218 Å². The van der Waals surface area contributed by atoms with E-state index in [-0.39, 0.29) is 0 Å². The molecule has 0 spiro atoms. The van der Waals surface area contributed by atoms with E-state index in [0.717, 1.165) is 47.0 Å². The van der Waals surface area contributed by atoms with Crippen molar-refractivity contribution in [1.29, 1.82) is 0 Å². The lowest BCUT2D eigenvalue weighted by molar-refractivity contribution is 1.11. The van der Waals surface area contributed by atoms with Crippen molar-refractivity contribution < 1.29 is 0 Å². The van der Waals surface area contributed by atoms with Gasteiger partial charge in [0.25, 0.3) is 0 Å². The fourth-order valence-electron chi connectivity index (χ4n) is 8.50. The Balaban J connectivity index is 1.14. The molecule has 0 saturated carbocycles. The average Bonchev–Trinajstić information content (AvgIpc) is 3.28. The lowest BCUT2D eigenvalue weighted by Crippen LogP contribution is -2.09. The molecule has 9 aromatic carbocycles. The first kappa shape index (κ1) is 33.4. The van der Waals surface area contributed by atoms with Crippen LogP contribution in [0.5, 0.6) is 0 Å². The van der Waals surface area contributed by atoms with E-state index in [1.807, 2.05) is 0 Å². The molecule has 9 aromatic rings. The first-order valence-electron chi connectivity index (χ1n) is 19.5. The average molecular weight is 717 g/mol. The van der Waals surface area contributed by atoms with Crippen LogP contribution in [-0.4, -0.2) is 0 Å². The number of nitrogens with zero attached hydrogens (tertiary/aromatic N) is 2. The Morgan fingerprint density at radius 2 is 0.714 bits per heavy atom. The zero-order chi connectivity index (χ0) is 37.3. The Hall–Kier alpha value is -7.16. The van der Waals surface area contributed by atoms with Crippen LogP contribution in [0, 0.1) is 0 Å². The third-order valence-corrected chi connectivity index (χ3v) is 11.1. The van der Waals surface area contributed by atoms with Crippen LogP contribution in [0.3, 0.4) is 0 Å². The van der Waals surface area contributed by atoms with Crippen LogP contribution in [0.2, 0.25) is 0 Å². The normalized spacial score (nSPS) is 12.1. The van der Waals surface area contributed by atoms with E-state index < -0.39 is 0 Å². The van der Waals surface area contributed by atoms with Gasteiger partial charge < -0.3 is 9.80 Å². The Morgan fingerprint density at radius 1 is 0.321 bits per heavy atom. The van der Waals surface area contributed by atoms with Crippen molar-refractivity contribution >= 4 is 55.7 Å². The maximum Gasteiger partial charge on any atom is 0.0462 e. The number of benzene rings is 9. The molecule has 0 amide bonds. The molecule has 10 rings (SSSR count). The van der Waals surface area contributed by atoms with E-state index in [4.69, 9.17) is 0 Å². The Kier molecular flexibility index (Phi) is 8.70. The molecule has 0 radical (unpaired) electrons. The number of rotatable bonds is 8. The van der Waals surface area contributed by atoms with Gasteiger partial charge in [-0.2, -0.15) is 0 Å². The number of fused-ring (bicyclic) bond motifs is 5. The van der Waals surface area contributed by atoms with E-state index >= 15 is 0 Å².